The summed E-state index contributed by atoms with van der Waals surface area (Å²) in [4.78, 5) is 33.9. The van der Waals surface area contributed by atoms with Crippen molar-refractivity contribution in [3.8, 4) is 0 Å². The lowest BCUT2D eigenvalue weighted by molar-refractivity contribution is 0.102. The van der Waals surface area contributed by atoms with Gasteiger partial charge in [0.05, 0.1) is 11.4 Å². The summed E-state index contributed by atoms with van der Waals surface area (Å²) in [6.07, 6.45) is 0.561. The summed E-state index contributed by atoms with van der Waals surface area (Å²) < 4.78 is 0. The Bertz CT molecular complexity index is 1460. The van der Waals surface area contributed by atoms with Gasteiger partial charge in [0.25, 0.3) is 0 Å². The van der Waals surface area contributed by atoms with Crippen LogP contribution < -0.4 is 0 Å². The van der Waals surface area contributed by atoms with Crippen LogP contribution in [0.25, 0.3) is 0 Å². The second-order valence-corrected chi connectivity index (χ2v) is 16.2. The third kappa shape index (κ3) is 7.47. The van der Waals surface area contributed by atoms with Gasteiger partial charge in [0.1, 0.15) is 0 Å². The van der Waals surface area contributed by atoms with E-state index in [9.17, 15) is 9.59 Å². The first-order valence-electron chi connectivity index (χ1n) is 15.4. The van der Waals surface area contributed by atoms with Crippen LogP contribution in [0.15, 0.2) is 60.7 Å². The number of aromatic amines is 2. The van der Waals surface area contributed by atoms with E-state index in [4.69, 9.17) is 0 Å². The fraction of sp³-hybridized carbons (Fsp3) is 0.436. The van der Waals surface area contributed by atoms with Crippen molar-refractivity contribution >= 4 is 11.6 Å². The van der Waals surface area contributed by atoms with E-state index in [2.05, 4.69) is 105 Å². The SMILES string of the molecule is CC(C)(C)c1cc(C(=O)c2ccc(Cc3ccc(C(=O)c4cc(C(C)(C)C)cc(C(C)(C)C)c4)[nH]3)[nH]2)cc(C(C)(C)C)c1. The summed E-state index contributed by atoms with van der Waals surface area (Å²) in [5.74, 6) is -0.0304. The van der Waals surface area contributed by atoms with Gasteiger partial charge < -0.3 is 9.97 Å². The zero-order valence-electron chi connectivity index (χ0n) is 28.3. The van der Waals surface area contributed by atoms with Gasteiger partial charge in [-0.1, -0.05) is 95.2 Å². The van der Waals surface area contributed by atoms with Crippen molar-refractivity contribution in [1.82, 2.24) is 9.97 Å². The molecule has 0 bridgehead atoms. The number of carbonyl (C=O) groups excluding carboxylic acids is 2. The van der Waals surface area contributed by atoms with Crippen LogP contribution >= 0.6 is 0 Å². The molecule has 0 unspecified atom stereocenters. The van der Waals surface area contributed by atoms with Gasteiger partial charge in [-0.3, -0.25) is 9.59 Å². The molecule has 0 radical (unpaired) electrons. The van der Waals surface area contributed by atoms with Crippen molar-refractivity contribution in [3.05, 3.63) is 117 Å². The third-order valence-electron chi connectivity index (χ3n) is 8.22. The lowest BCUT2D eigenvalue weighted by atomic mass is 9.79. The molecule has 2 aromatic carbocycles. The largest absolute Gasteiger partial charge is 0.355 e. The van der Waals surface area contributed by atoms with Crippen LogP contribution in [0.3, 0.4) is 0 Å². The molecule has 228 valence electrons. The third-order valence-corrected chi connectivity index (χ3v) is 8.22. The molecular formula is C39H50N2O2. The number of ketones is 2. The molecule has 0 aliphatic rings. The number of nitrogens with one attached hydrogen (secondary N) is 2. The van der Waals surface area contributed by atoms with Gasteiger partial charge in [-0.25, -0.2) is 0 Å². The Labute approximate surface area is 258 Å². The monoisotopic (exact) mass is 578 g/mol. The second-order valence-electron chi connectivity index (χ2n) is 16.2. The molecule has 0 fully saturated rings. The van der Waals surface area contributed by atoms with Crippen LogP contribution in [0, 0.1) is 0 Å². The zero-order valence-corrected chi connectivity index (χ0v) is 28.3. The fourth-order valence-electron chi connectivity index (χ4n) is 5.12. The van der Waals surface area contributed by atoms with Crippen LogP contribution in [0.4, 0.5) is 0 Å². The standard InChI is InChI=1S/C39H50N2O2/c1-36(2,3)26-17-24(18-27(21-26)37(4,5)6)34(42)32-15-13-30(40-32)23-31-14-16-33(41-31)35(43)25-19-28(38(7,8)9)22-29(20-25)39(10,11)12/h13-22,40-41H,23H2,1-12H3. The molecule has 2 aromatic heterocycles. The minimum absolute atomic E-state index is 0.0152. The molecule has 0 saturated carbocycles. The highest BCUT2D eigenvalue weighted by molar-refractivity contribution is 6.08. The van der Waals surface area contributed by atoms with Gasteiger partial charge in [0.15, 0.2) is 0 Å². The number of hydrogen-bond acceptors (Lipinski definition) is 2. The van der Waals surface area contributed by atoms with E-state index in [1.165, 1.54) is 0 Å². The first-order valence-corrected chi connectivity index (χ1v) is 15.4. The van der Waals surface area contributed by atoms with Gasteiger partial charge in [-0.15, -0.1) is 0 Å². The van der Waals surface area contributed by atoms with Crippen molar-refractivity contribution in [3.63, 3.8) is 0 Å². The van der Waals surface area contributed by atoms with Gasteiger partial charge in [-0.2, -0.15) is 0 Å². The van der Waals surface area contributed by atoms with Crippen molar-refractivity contribution in [2.24, 2.45) is 0 Å². The Kier molecular flexibility index (Phi) is 8.34. The van der Waals surface area contributed by atoms with Gasteiger partial charge in [-0.05, 0) is 92.4 Å². The lowest BCUT2D eigenvalue weighted by Crippen LogP contribution is -2.18. The predicted octanol–water partition coefficient (Wildman–Crippen LogP) is 9.59. The quantitative estimate of drug-likeness (QED) is 0.224. The highest BCUT2D eigenvalue weighted by Crippen LogP contribution is 2.32. The first kappa shape index (κ1) is 32.3. The van der Waals surface area contributed by atoms with E-state index in [0.29, 0.717) is 28.9 Å². The number of H-pyrrole nitrogens is 2. The first-order chi connectivity index (χ1) is 19.6. The topological polar surface area (TPSA) is 65.7 Å². The van der Waals surface area contributed by atoms with Gasteiger partial charge in [0, 0.05) is 28.9 Å². The summed E-state index contributed by atoms with van der Waals surface area (Å²) in [6.45, 7) is 26.1. The van der Waals surface area contributed by atoms with Crippen LogP contribution in [-0.2, 0) is 28.1 Å². The van der Waals surface area contributed by atoms with E-state index >= 15 is 0 Å². The zero-order chi connectivity index (χ0) is 32.1. The number of carbonyl (C=O) groups is 2. The maximum absolute atomic E-state index is 13.6. The van der Waals surface area contributed by atoms with E-state index in [1.54, 1.807) is 0 Å². The molecule has 4 nitrogen and oxygen atoms in total. The molecule has 0 atom stereocenters. The Balaban J connectivity index is 1.58. The Morgan fingerprint density at radius 2 is 0.744 bits per heavy atom. The summed E-state index contributed by atoms with van der Waals surface area (Å²) in [7, 11) is 0. The molecule has 0 spiro atoms. The molecular weight excluding hydrogens is 528 g/mol. The minimum Gasteiger partial charge on any atom is -0.355 e. The maximum atomic E-state index is 13.6. The summed E-state index contributed by atoms with van der Waals surface area (Å²) in [5, 5.41) is 0. The molecule has 43 heavy (non-hydrogen) atoms. The van der Waals surface area contributed by atoms with Crippen LogP contribution in [0.1, 0.15) is 149 Å². The van der Waals surface area contributed by atoms with Crippen molar-refractivity contribution in [1.29, 1.82) is 0 Å². The van der Waals surface area contributed by atoms with Crippen LogP contribution in [0.2, 0.25) is 0 Å². The molecule has 2 N–H and O–H groups in total. The molecule has 4 heteroatoms. The van der Waals surface area contributed by atoms with Crippen LogP contribution in [-0.4, -0.2) is 21.5 Å². The minimum atomic E-state index is -0.0671. The number of rotatable bonds is 6. The van der Waals surface area contributed by atoms with Crippen molar-refractivity contribution in [2.75, 3.05) is 0 Å². The molecule has 2 heterocycles. The molecule has 0 saturated heterocycles. The van der Waals surface area contributed by atoms with E-state index in [0.717, 1.165) is 33.6 Å². The highest BCUT2D eigenvalue weighted by Gasteiger charge is 2.25. The summed E-state index contributed by atoms with van der Waals surface area (Å²) >= 11 is 0. The summed E-state index contributed by atoms with van der Waals surface area (Å²) in [5.41, 5.74) is 8.71. The smallest absolute Gasteiger partial charge is 0.209 e. The average Bonchev–Trinajstić information content (AvgIpc) is 3.55. The Hall–Kier alpha value is -3.66. The number of hydrogen-bond donors (Lipinski definition) is 2. The van der Waals surface area contributed by atoms with Gasteiger partial charge >= 0.3 is 0 Å². The molecule has 0 amide bonds. The van der Waals surface area contributed by atoms with Crippen molar-refractivity contribution in [2.45, 2.75) is 111 Å². The van der Waals surface area contributed by atoms with E-state index in [1.807, 2.05) is 48.5 Å². The predicted molar refractivity (Wildman–Crippen MR) is 179 cm³/mol. The lowest BCUT2D eigenvalue weighted by Gasteiger charge is -2.26. The number of benzene rings is 2. The fourth-order valence-corrected chi connectivity index (χ4v) is 5.12. The van der Waals surface area contributed by atoms with Crippen LogP contribution in [0.5, 0.6) is 0 Å². The van der Waals surface area contributed by atoms with E-state index < -0.39 is 0 Å². The van der Waals surface area contributed by atoms with E-state index in [-0.39, 0.29) is 33.2 Å². The van der Waals surface area contributed by atoms with Gasteiger partial charge in [0.2, 0.25) is 11.6 Å². The Morgan fingerprint density at radius 1 is 0.465 bits per heavy atom. The molecule has 4 aromatic rings. The summed E-state index contributed by atoms with van der Waals surface area (Å²) in [6, 6.07) is 20.2. The second kappa shape index (κ2) is 11.1. The normalized spacial score (nSPS) is 12.9. The average molecular weight is 579 g/mol. The Morgan fingerprint density at radius 3 is 1.00 bits per heavy atom. The molecule has 0 aliphatic carbocycles. The molecule has 4 rings (SSSR count). The van der Waals surface area contributed by atoms with Crippen molar-refractivity contribution < 1.29 is 9.59 Å². The highest BCUT2D eigenvalue weighted by atomic mass is 16.1. The number of aromatic nitrogens is 2. The molecule has 0 aliphatic heterocycles. The maximum Gasteiger partial charge on any atom is 0.209 e.